The number of rotatable bonds is 5. The number of nitrogens with two attached hydrogens (primary N) is 1. The molecule has 4 heterocycles. The van der Waals surface area contributed by atoms with Crippen LogP contribution in [0.4, 0.5) is 11.5 Å². The number of carbonyl (C=O) groups excluding carboxylic acids is 1. The van der Waals surface area contributed by atoms with Gasteiger partial charge in [0.1, 0.15) is 11.5 Å². The van der Waals surface area contributed by atoms with Crippen molar-refractivity contribution in [3.63, 3.8) is 0 Å². The molecule has 9 nitrogen and oxygen atoms in total. The minimum Gasteiger partial charge on any atom is -0.383 e. The second-order valence-electron chi connectivity index (χ2n) is 9.37. The van der Waals surface area contributed by atoms with E-state index in [9.17, 15) is 4.79 Å². The number of benzene rings is 2. The zero-order valence-corrected chi connectivity index (χ0v) is 20.6. The Kier molecular flexibility index (Phi) is 5.90. The van der Waals surface area contributed by atoms with E-state index in [4.69, 9.17) is 10.8 Å². The van der Waals surface area contributed by atoms with E-state index in [-0.39, 0.29) is 11.9 Å². The number of nitrogens with one attached hydrogen (secondary N) is 2. The lowest BCUT2D eigenvalue weighted by Gasteiger charge is -2.24. The highest BCUT2D eigenvalue weighted by molar-refractivity contribution is 6.07. The van der Waals surface area contributed by atoms with Crippen molar-refractivity contribution in [2.24, 2.45) is 7.05 Å². The Morgan fingerprint density at radius 2 is 1.89 bits per heavy atom. The summed E-state index contributed by atoms with van der Waals surface area (Å²) in [6.45, 7) is 1.84. The highest BCUT2D eigenvalue weighted by atomic mass is 16.1. The number of para-hydroxylation sites is 1. The van der Waals surface area contributed by atoms with Gasteiger partial charge in [-0.05, 0) is 43.7 Å². The number of piperidine rings is 1. The summed E-state index contributed by atoms with van der Waals surface area (Å²) in [7, 11) is 1.90. The van der Waals surface area contributed by atoms with Crippen LogP contribution in [0.25, 0.3) is 33.3 Å². The fourth-order valence-corrected chi connectivity index (χ4v) is 4.98. The number of amides is 1. The maximum absolute atomic E-state index is 12.8. The van der Waals surface area contributed by atoms with Crippen LogP contribution in [-0.2, 0) is 7.05 Å². The van der Waals surface area contributed by atoms with Crippen LogP contribution in [-0.4, -0.2) is 43.5 Å². The van der Waals surface area contributed by atoms with Gasteiger partial charge in [0.2, 0.25) is 0 Å². The Bertz CT molecular complexity index is 1560. The molecule has 0 saturated carbocycles. The molecule has 3 aromatic heterocycles. The van der Waals surface area contributed by atoms with E-state index in [0.717, 1.165) is 64.9 Å². The predicted molar refractivity (Wildman–Crippen MR) is 145 cm³/mol. The molecule has 0 radical (unpaired) electrons. The summed E-state index contributed by atoms with van der Waals surface area (Å²) in [5.74, 6) is 0.264. The molecule has 1 unspecified atom stereocenters. The lowest BCUT2D eigenvalue weighted by Crippen LogP contribution is -2.32. The predicted octanol–water partition coefficient (Wildman–Crippen LogP) is 4.26. The Morgan fingerprint density at radius 1 is 1.08 bits per heavy atom. The minimum absolute atomic E-state index is 0.165. The monoisotopic (exact) mass is 492 g/mol. The molecule has 1 aliphatic heterocycles. The van der Waals surface area contributed by atoms with Crippen LogP contribution in [0.2, 0.25) is 0 Å². The number of aromatic nitrogens is 5. The van der Waals surface area contributed by atoms with E-state index < -0.39 is 0 Å². The highest BCUT2D eigenvalue weighted by Gasteiger charge is 2.25. The topological polar surface area (TPSA) is 116 Å². The highest BCUT2D eigenvalue weighted by Crippen LogP contribution is 2.39. The first-order valence-corrected chi connectivity index (χ1v) is 12.4. The standard InChI is InChI=1S/C28H28N8O/c1-35-17-20(14-32-35)23-16-31-27(29)24-25(34-36(26(23)24)22-8-5-13-30-15-22)18-9-11-19(12-10-18)28(37)33-21-6-3-2-4-7-21/h2-4,6-7,9-12,14,16-17,22,30H,5,8,13,15H2,1H3,(H2,29,31)(H,33,37). The maximum atomic E-state index is 12.8. The Morgan fingerprint density at radius 3 is 2.59 bits per heavy atom. The van der Waals surface area contributed by atoms with E-state index in [0.29, 0.717) is 11.4 Å². The summed E-state index contributed by atoms with van der Waals surface area (Å²) in [6, 6.07) is 17.1. The first-order chi connectivity index (χ1) is 18.1. The van der Waals surface area contributed by atoms with Gasteiger partial charge in [-0.15, -0.1) is 0 Å². The zero-order valence-electron chi connectivity index (χ0n) is 20.6. The number of fused-ring (bicyclic) bond motifs is 1. The van der Waals surface area contributed by atoms with Crippen molar-refractivity contribution in [3.8, 4) is 22.4 Å². The lowest BCUT2D eigenvalue weighted by molar-refractivity contribution is 0.102. The van der Waals surface area contributed by atoms with E-state index in [2.05, 4.69) is 25.4 Å². The first-order valence-electron chi connectivity index (χ1n) is 12.4. The van der Waals surface area contributed by atoms with Gasteiger partial charge in [0, 0.05) is 53.9 Å². The Balaban J connectivity index is 1.44. The third-order valence-electron chi connectivity index (χ3n) is 6.84. The smallest absolute Gasteiger partial charge is 0.255 e. The molecule has 4 N–H and O–H groups in total. The van der Waals surface area contributed by atoms with Gasteiger partial charge in [0.15, 0.2) is 0 Å². The molecule has 9 heteroatoms. The number of carbonyl (C=O) groups is 1. The molecule has 0 aliphatic carbocycles. The molecule has 0 spiro atoms. The number of nitrogen functional groups attached to an aromatic ring is 1. The maximum Gasteiger partial charge on any atom is 0.255 e. The van der Waals surface area contributed by atoms with Gasteiger partial charge < -0.3 is 16.4 Å². The normalized spacial score (nSPS) is 15.6. The fraction of sp³-hybridized carbons (Fsp3) is 0.214. The van der Waals surface area contributed by atoms with Crippen LogP contribution >= 0.6 is 0 Å². The zero-order chi connectivity index (χ0) is 25.4. The number of nitrogens with zero attached hydrogens (tertiary/aromatic N) is 5. The molecule has 1 fully saturated rings. The van der Waals surface area contributed by atoms with Crippen molar-refractivity contribution in [2.75, 3.05) is 24.1 Å². The number of pyridine rings is 1. The van der Waals surface area contributed by atoms with E-state index in [1.54, 1.807) is 4.68 Å². The van der Waals surface area contributed by atoms with Gasteiger partial charge in [-0.25, -0.2) is 4.98 Å². The van der Waals surface area contributed by atoms with Gasteiger partial charge in [-0.2, -0.15) is 10.2 Å². The molecular formula is C28H28N8O. The van der Waals surface area contributed by atoms with Gasteiger partial charge in [-0.3, -0.25) is 14.2 Å². The number of anilines is 2. The molecule has 186 valence electrons. The number of hydrogen-bond donors (Lipinski definition) is 3. The van der Waals surface area contributed by atoms with Gasteiger partial charge >= 0.3 is 0 Å². The van der Waals surface area contributed by atoms with Crippen molar-refractivity contribution in [2.45, 2.75) is 18.9 Å². The molecular weight excluding hydrogens is 464 g/mol. The quantitative estimate of drug-likeness (QED) is 0.338. The SMILES string of the molecule is Cn1cc(-c2cnc(N)c3c(-c4ccc(C(=O)Nc5ccccc5)cc4)nn(C4CCCNC4)c23)cn1. The molecule has 0 bridgehead atoms. The number of aryl methyl sites for hydroxylation is 1. The first kappa shape index (κ1) is 22.9. The summed E-state index contributed by atoms with van der Waals surface area (Å²) in [6.07, 6.45) is 7.72. The molecule has 1 atom stereocenters. The molecule has 6 rings (SSSR count). The molecule has 5 aromatic rings. The van der Waals surface area contributed by atoms with E-state index >= 15 is 0 Å². The van der Waals surface area contributed by atoms with Crippen LogP contribution in [0.5, 0.6) is 0 Å². The van der Waals surface area contributed by atoms with Crippen molar-refractivity contribution >= 4 is 28.3 Å². The molecule has 1 saturated heterocycles. The minimum atomic E-state index is -0.165. The van der Waals surface area contributed by atoms with Crippen molar-refractivity contribution in [1.29, 1.82) is 0 Å². The van der Waals surface area contributed by atoms with E-state index in [1.165, 1.54) is 0 Å². The van der Waals surface area contributed by atoms with Crippen LogP contribution in [0.1, 0.15) is 29.2 Å². The summed E-state index contributed by atoms with van der Waals surface area (Å²) < 4.78 is 3.88. The Labute approximate surface area is 214 Å². The summed E-state index contributed by atoms with van der Waals surface area (Å²) >= 11 is 0. The second-order valence-corrected chi connectivity index (χ2v) is 9.37. The largest absolute Gasteiger partial charge is 0.383 e. The van der Waals surface area contributed by atoms with Gasteiger partial charge in [0.25, 0.3) is 5.91 Å². The van der Waals surface area contributed by atoms with Crippen LogP contribution in [0.3, 0.4) is 0 Å². The van der Waals surface area contributed by atoms with Crippen LogP contribution in [0, 0.1) is 0 Å². The average Bonchev–Trinajstić information content (AvgIpc) is 3.55. The number of hydrogen-bond acceptors (Lipinski definition) is 6. The molecule has 2 aromatic carbocycles. The van der Waals surface area contributed by atoms with Crippen LogP contribution in [0.15, 0.2) is 73.2 Å². The average molecular weight is 493 g/mol. The summed E-state index contributed by atoms with van der Waals surface area (Å²) in [5, 5.41) is 16.7. The van der Waals surface area contributed by atoms with Crippen molar-refractivity contribution in [1.82, 2.24) is 29.9 Å². The van der Waals surface area contributed by atoms with Crippen LogP contribution < -0.4 is 16.4 Å². The molecule has 1 amide bonds. The molecule has 1 aliphatic rings. The molecule has 37 heavy (non-hydrogen) atoms. The van der Waals surface area contributed by atoms with Crippen molar-refractivity contribution < 1.29 is 4.79 Å². The lowest BCUT2D eigenvalue weighted by atomic mass is 10.0. The fourth-order valence-electron chi connectivity index (χ4n) is 4.98. The van der Waals surface area contributed by atoms with Gasteiger partial charge in [-0.1, -0.05) is 30.3 Å². The summed E-state index contributed by atoms with van der Waals surface area (Å²) in [5.41, 5.74) is 12.3. The summed E-state index contributed by atoms with van der Waals surface area (Å²) in [4.78, 5) is 17.3. The van der Waals surface area contributed by atoms with E-state index in [1.807, 2.05) is 80.2 Å². The third kappa shape index (κ3) is 4.34. The van der Waals surface area contributed by atoms with Gasteiger partial charge in [0.05, 0.1) is 23.1 Å². The third-order valence-corrected chi connectivity index (χ3v) is 6.84. The second kappa shape index (κ2) is 9.51. The Hall–Kier alpha value is -4.50. The van der Waals surface area contributed by atoms with Crippen molar-refractivity contribution in [3.05, 3.63) is 78.8 Å².